The number of fused-ring (bicyclic) bond motifs is 1. The molecule has 0 aliphatic rings. The van der Waals surface area contributed by atoms with E-state index in [2.05, 4.69) is 27.3 Å². The van der Waals surface area contributed by atoms with Crippen LogP contribution in [0.2, 0.25) is 0 Å². The third kappa shape index (κ3) is 2.80. The van der Waals surface area contributed by atoms with Gasteiger partial charge in [0.05, 0.1) is 30.2 Å². The molecule has 154 valence electrons. The van der Waals surface area contributed by atoms with Crippen molar-refractivity contribution in [2.75, 3.05) is 21.2 Å². The van der Waals surface area contributed by atoms with Crippen LogP contribution in [0, 0.1) is 22.7 Å². The number of hydrogen-bond donors (Lipinski definition) is 0. The van der Waals surface area contributed by atoms with Gasteiger partial charge in [0.25, 0.3) is 5.91 Å². The van der Waals surface area contributed by atoms with Crippen LogP contribution in [-0.4, -0.2) is 60.9 Å². The average molecular weight is 415 g/mol. The summed E-state index contributed by atoms with van der Waals surface area (Å²) in [5, 5.41) is 28.1. The molecule has 31 heavy (non-hydrogen) atoms. The van der Waals surface area contributed by atoms with Crippen molar-refractivity contribution in [1.82, 2.24) is 33.8 Å². The van der Waals surface area contributed by atoms with Gasteiger partial charge in [0.1, 0.15) is 35.6 Å². The number of nitriles is 2. The summed E-state index contributed by atoms with van der Waals surface area (Å²) < 4.78 is 10.4. The number of methoxy groups -OCH3 is 1. The molecule has 3 heterocycles. The van der Waals surface area contributed by atoms with Crippen molar-refractivity contribution in [3.05, 3.63) is 48.1 Å². The lowest BCUT2D eigenvalue weighted by molar-refractivity contribution is 0.0813. The summed E-state index contributed by atoms with van der Waals surface area (Å²) in [6.07, 6.45) is 6.40. The molecule has 4 rings (SSSR count). The predicted molar refractivity (Wildman–Crippen MR) is 109 cm³/mol. The van der Waals surface area contributed by atoms with Gasteiger partial charge in [0, 0.05) is 38.9 Å². The number of ether oxygens (including phenoxy) is 1. The Hall–Kier alpha value is -4.64. The molecule has 0 fully saturated rings. The summed E-state index contributed by atoms with van der Waals surface area (Å²) >= 11 is 0. The third-order valence-corrected chi connectivity index (χ3v) is 4.96. The van der Waals surface area contributed by atoms with Crippen molar-refractivity contribution < 1.29 is 9.53 Å². The van der Waals surface area contributed by atoms with E-state index < -0.39 is 0 Å². The van der Waals surface area contributed by atoms with Crippen LogP contribution < -0.4 is 4.74 Å². The standard InChI is InChI=1S/C20H17N9O2/c1-26(2)20(30)18-25-24-11-29(18)19-17(28-6-5-23-10-28)12-7-15(31-4)13(8-21)14(9-22)16(12)27(19)3/h5-7,10-11H,1-4H3. The van der Waals surface area contributed by atoms with Gasteiger partial charge in [0.15, 0.2) is 0 Å². The number of carbonyl (C=O) groups is 1. The van der Waals surface area contributed by atoms with E-state index >= 15 is 0 Å². The number of benzene rings is 1. The Labute approximate surface area is 176 Å². The number of imidazole rings is 1. The van der Waals surface area contributed by atoms with E-state index in [4.69, 9.17) is 4.74 Å². The maximum Gasteiger partial charge on any atom is 0.291 e. The first kappa shape index (κ1) is 19.7. The fourth-order valence-electron chi connectivity index (χ4n) is 3.60. The molecule has 3 aromatic heterocycles. The number of hydrogen-bond acceptors (Lipinski definition) is 7. The lowest BCUT2D eigenvalue weighted by Gasteiger charge is -2.14. The predicted octanol–water partition coefficient (Wildman–Crippen LogP) is 1.40. The summed E-state index contributed by atoms with van der Waals surface area (Å²) in [5.41, 5.74) is 1.44. The van der Waals surface area contributed by atoms with Crippen LogP contribution in [0.1, 0.15) is 21.7 Å². The molecule has 1 amide bonds. The second-order valence-corrected chi connectivity index (χ2v) is 6.87. The van der Waals surface area contributed by atoms with E-state index in [-0.39, 0.29) is 28.6 Å². The van der Waals surface area contributed by atoms with Crippen LogP contribution in [-0.2, 0) is 7.05 Å². The molecule has 11 nitrogen and oxygen atoms in total. The van der Waals surface area contributed by atoms with Crippen LogP contribution >= 0.6 is 0 Å². The second kappa shape index (κ2) is 7.31. The highest BCUT2D eigenvalue weighted by molar-refractivity contribution is 6.00. The van der Waals surface area contributed by atoms with Crippen LogP contribution in [0.5, 0.6) is 5.75 Å². The Kier molecular flexibility index (Phi) is 4.64. The van der Waals surface area contributed by atoms with Gasteiger partial charge in [-0.15, -0.1) is 10.2 Å². The zero-order valence-corrected chi connectivity index (χ0v) is 17.2. The Morgan fingerprint density at radius 2 is 1.94 bits per heavy atom. The quantitative estimate of drug-likeness (QED) is 0.492. The lowest BCUT2D eigenvalue weighted by atomic mass is 10.0. The van der Waals surface area contributed by atoms with Crippen LogP contribution in [0.3, 0.4) is 0 Å². The molecular weight excluding hydrogens is 398 g/mol. The first-order valence-electron chi connectivity index (χ1n) is 9.08. The third-order valence-electron chi connectivity index (χ3n) is 4.96. The van der Waals surface area contributed by atoms with Gasteiger partial charge < -0.3 is 18.8 Å². The van der Waals surface area contributed by atoms with Crippen molar-refractivity contribution in [2.45, 2.75) is 0 Å². The van der Waals surface area contributed by atoms with Gasteiger partial charge in [-0.2, -0.15) is 10.5 Å². The molecule has 0 N–H and O–H groups in total. The highest BCUT2D eigenvalue weighted by Crippen LogP contribution is 2.38. The van der Waals surface area contributed by atoms with Crippen molar-refractivity contribution in [3.8, 4) is 29.4 Å². The van der Waals surface area contributed by atoms with Gasteiger partial charge >= 0.3 is 0 Å². The molecule has 1 aromatic carbocycles. The minimum atomic E-state index is -0.338. The van der Waals surface area contributed by atoms with E-state index in [1.165, 1.54) is 18.3 Å². The first-order chi connectivity index (χ1) is 14.9. The average Bonchev–Trinajstić information content (AvgIpc) is 3.50. The SMILES string of the molecule is COc1cc2c(-n3ccnc3)c(-n3cnnc3C(=O)N(C)C)n(C)c2c(C#N)c1C#N. The molecule has 0 unspecified atom stereocenters. The maximum absolute atomic E-state index is 12.7. The van der Waals surface area contributed by atoms with E-state index in [0.717, 1.165) is 0 Å². The summed E-state index contributed by atoms with van der Waals surface area (Å²) in [6.45, 7) is 0. The fourth-order valence-corrected chi connectivity index (χ4v) is 3.60. The number of carbonyl (C=O) groups excluding carboxylic acids is 1. The van der Waals surface area contributed by atoms with Crippen molar-refractivity contribution in [1.29, 1.82) is 10.5 Å². The first-order valence-corrected chi connectivity index (χ1v) is 9.08. The summed E-state index contributed by atoms with van der Waals surface area (Å²) in [6, 6.07) is 5.88. The second-order valence-electron chi connectivity index (χ2n) is 6.87. The van der Waals surface area contributed by atoms with Crippen LogP contribution in [0.4, 0.5) is 0 Å². The van der Waals surface area contributed by atoms with E-state index in [1.807, 2.05) is 0 Å². The highest BCUT2D eigenvalue weighted by Gasteiger charge is 2.28. The number of nitrogens with zero attached hydrogens (tertiary/aromatic N) is 9. The largest absolute Gasteiger partial charge is 0.495 e. The van der Waals surface area contributed by atoms with Gasteiger partial charge in [-0.3, -0.25) is 9.36 Å². The van der Waals surface area contributed by atoms with Gasteiger partial charge in [-0.1, -0.05) is 0 Å². The molecule has 0 bridgehead atoms. The van der Waals surface area contributed by atoms with Gasteiger partial charge in [-0.25, -0.2) is 4.98 Å². The monoisotopic (exact) mass is 415 g/mol. The number of aryl methyl sites for hydroxylation is 1. The molecule has 0 atom stereocenters. The van der Waals surface area contributed by atoms with E-state index in [1.54, 1.807) is 59.6 Å². The number of rotatable bonds is 4. The molecule has 0 radical (unpaired) electrons. The highest BCUT2D eigenvalue weighted by atomic mass is 16.5. The summed E-state index contributed by atoms with van der Waals surface area (Å²) in [5.74, 6) is 0.564. The van der Waals surface area contributed by atoms with Crippen molar-refractivity contribution in [3.63, 3.8) is 0 Å². The zero-order chi connectivity index (χ0) is 22.3. The smallest absolute Gasteiger partial charge is 0.291 e. The fraction of sp³-hybridized carbons (Fsp3) is 0.200. The molecule has 11 heteroatoms. The van der Waals surface area contributed by atoms with Gasteiger partial charge in [-0.05, 0) is 6.07 Å². The lowest BCUT2D eigenvalue weighted by Crippen LogP contribution is -2.25. The normalized spacial score (nSPS) is 10.6. The van der Waals surface area contributed by atoms with Crippen molar-refractivity contribution >= 4 is 16.8 Å². The molecule has 0 saturated carbocycles. The van der Waals surface area contributed by atoms with Crippen LogP contribution in [0.25, 0.3) is 22.4 Å². The maximum atomic E-state index is 12.7. The molecule has 0 spiro atoms. The Morgan fingerprint density at radius 1 is 1.19 bits per heavy atom. The van der Waals surface area contributed by atoms with Gasteiger partial charge in [0.2, 0.25) is 5.82 Å². The summed E-state index contributed by atoms with van der Waals surface area (Å²) in [7, 11) is 6.43. The van der Waals surface area contributed by atoms with E-state index in [9.17, 15) is 15.3 Å². The Balaban J connectivity index is 2.21. The molecule has 4 aromatic rings. The Morgan fingerprint density at radius 3 is 2.52 bits per heavy atom. The van der Waals surface area contributed by atoms with E-state index in [0.29, 0.717) is 22.4 Å². The number of aromatic nitrogens is 6. The molecule has 0 aliphatic carbocycles. The molecule has 0 saturated heterocycles. The number of amides is 1. The van der Waals surface area contributed by atoms with Crippen molar-refractivity contribution in [2.24, 2.45) is 7.05 Å². The topological polar surface area (TPSA) is 131 Å². The summed E-state index contributed by atoms with van der Waals surface area (Å²) in [4.78, 5) is 18.2. The minimum absolute atomic E-state index is 0.100. The zero-order valence-electron chi connectivity index (χ0n) is 17.2. The molecular formula is C20H17N9O2. The minimum Gasteiger partial charge on any atom is -0.495 e. The molecule has 0 aliphatic heterocycles. The Bertz CT molecular complexity index is 1400. The van der Waals surface area contributed by atoms with Crippen LogP contribution in [0.15, 0.2) is 31.1 Å².